The van der Waals surface area contributed by atoms with E-state index in [1.165, 1.54) is 0 Å². The van der Waals surface area contributed by atoms with Gasteiger partial charge in [-0.25, -0.2) is 4.68 Å². The summed E-state index contributed by atoms with van der Waals surface area (Å²) in [6.45, 7) is 9.72. The van der Waals surface area contributed by atoms with Gasteiger partial charge in [0.15, 0.2) is 5.82 Å². The number of aromatic nitrogens is 4. The molecular weight excluding hydrogens is 402 g/mol. The highest BCUT2D eigenvalue weighted by molar-refractivity contribution is 5.58. The van der Waals surface area contributed by atoms with E-state index in [1.54, 1.807) is 7.11 Å². The summed E-state index contributed by atoms with van der Waals surface area (Å²) in [5, 5.41) is 22.0. The smallest absolute Gasteiger partial charge is 0.173 e. The van der Waals surface area contributed by atoms with Crippen molar-refractivity contribution in [3.05, 3.63) is 65.5 Å². The number of para-hydroxylation sites is 2. The lowest BCUT2D eigenvalue weighted by Crippen LogP contribution is -2.48. The Labute approximate surface area is 189 Å². The number of methoxy groups -OCH3 is 1. The van der Waals surface area contributed by atoms with E-state index < -0.39 is 0 Å². The molecule has 4 rings (SSSR count). The van der Waals surface area contributed by atoms with Crippen LogP contribution in [0.25, 0.3) is 0 Å². The molecule has 0 aliphatic carbocycles. The first kappa shape index (κ1) is 21.8. The summed E-state index contributed by atoms with van der Waals surface area (Å²) in [5.41, 5.74) is 2.59. The van der Waals surface area contributed by atoms with Gasteiger partial charge in [0.25, 0.3) is 0 Å². The van der Waals surface area contributed by atoms with Crippen molar-refractivity contribution in [1.82, 2.24) is 25.1 Å². The number of hydrogen-bond acceptors (Lipinski definition) is 7. The maximum atomic E-state index is 9.22. The third-order valence-electron chi connectivity index (χ3n) is 5.83. The Hall–Kier alpha value is -3.44. The van der Waals surface area contributed by atoms with Gasteiger partial charge in [-0.1, -0.05) is 24.3 Å². The molecule has 1 aliphatic heterocycles. The van der Waals surface area contributed by atoms with Crippen molar-refractivity contribution >= 4 is 5.69 Å². The summed E-state index contributed by atoms with van der Waals surface area (Å²) in [7, 11) is 1.71. The van der Waals surface area contributed by atoms with Gasteiger partial charge in [0, 0.05) is 26.2 Å². The van der Waals surface area contributed by atoms with E-state index in [4.69, 9.17) is 4.74 Å². The molecule has 1 saturated heterocycles. The quantitative estimate of drug-likeness (QED) is 0.613. The molecule has 0 saturated carbocycles. The molecule has 0 bridgehead atoms. The average molecular weight is 432 g/mol. The Bertz CT molecular complexity index is 1090. The molecule has 8 heteroatoms. The predicted octanol–water partition coefficient (Wildman–Crippen LogP) is 3.22. The molecule has 1 atom stereocenters. The highest BCUT2D eigenvalue weighted by Crippen LogP contribution is 2.33. The van der Waals surface area contributed by atoms with Crippen LogP contribution in [0.15, 0.2) is 48.5 Å². The number of nitriles is 1. The Morgan fingerprint density at radius 3 is 2.31 bits per heavy atom. The molecule has 0 amide bonds. The van der Waals surface area contributed by atoms with Gasteiger partial charge in [0.05, 0.1) is 36.0 Å². The Morgan fingerprint density at radius 1 is 1.00 bits per heavy atom. The zero-order valence-electron chi connectivity index (χ0n) is 19.1. The van der Waals surface area contributed by atoms with Crippen LogP contribution in [0.1, 0.15) is 43.8 Å². The van der Waals surface area contributed by atoms with Crippen molar-refractivity contribution in [3.8, 4) is 11.8 Å². The van der Waals surface area contributed by atoms with Crippen LogP contribution in [0, 0.1) is 11.3 Å². The number of ether oxygens (including phenoxy) is 1. The molecule has 32 heavy (non-hydrogen) atoms. The zero-order chi connectivity index (χ0) is 22.7. The van der Waals surface area contributed by atoms with Crippen molar-refractivity contribution in [2.24, 2.45) is 0 Å². The molecule has 1 aromatic heterocycles. The number of hydrogen-bond donors (Lipinski definition) is 0. The molecule has 1 aliphatic rings. The lowest BCUT2D eigenvalue weighted by molar-refractivity contribution is 0.191. The summed E-state index contributed by atoms with van der Waals surface area (Å²) in [6.07, 6.45) is 0. The van der Waals surface area contributed by atoms with Crippen molar-refractivity contribution < 1.29 is 4.74 Å². The molecule has 0 N–H and O–H groups in total. The van der Waals surface area contributed by atoms with Gasteiger partial charge in [-0.3, -0.25) is 4.90 Å². The Morgan fingerprint density at radius 2 is 1.69 bits per heavy atom. The molecule has 166 valence electrons. The van der Waals surface area contributed by atoms with Crippen molar-refractivity contribution in [2.75, 3.05) is 38.2 Å². The number of benzene rings is 2. The normalized spacial score (nSPS) is 15.9. The standard InChI is InChI=1S/C24H29N7O/c1-24(2,3)31-23(26-27-28-31)22(19-11-9-18(17-25)10-12-19)30-15-13-29(14-16-30)20-7-5-6-8-21(20)32-4/h5-12,22H,13-16H2,1-4H3/t22-/m0/s1. The zero-order valence-corrected chi connectivity index (χ0v) is 19.1. The van der Waals surface area contributed by atoms with E-state index in [2.05, 4.69) is 58.2 Å². The van der Waals surface area contributed by atoms with Crippen molar-refractivity contribution in [1.29, 1.82) is 5.26 Å². The van der Waals surface area contributed by atoms with E-state index in [9.17, 15) is 5.26 Å². The number of rotatable bonds is 5. The van der Waals surface area contributed by atoms with Crippen LogP contribution in [0.5, 0.6) is 5.75 Å². The summed E-state index contributed by atoms with van der Waals surface area (Å²) in [4.78, 5) is 4.78. The third-order valence-corrected chi connectivity index (χ3v) is 5.83. The predicted molar refractivity (Wildman–Crippen MR) is 123 cm³/mol. The summed E-state index contributed by atoms with van der Waals surface area (Å²) in [5.74, 6) is 1.70. The number of tetrazole rings is 1. The van der Waals surface area contributed by atoms with E-state index in [0.717, 1.165) is 49.0 Å². The van der Waals surface area contributed by atoms with E-state index in [0.29, 0.717) is 5.56 Å². The largest absolute Gasteiger partial charge is 0.495 e. The van der Waals surface area contributed by atoms with Crippen LogP contribution >= 0.6 is 0 Å². The van der Waals surface area contributed by atoms with Gasteiger partial charge in [-0.05, 0) is 61.0 Å². The molecular formula is C24H29N7O. The van der Waals surface area contributed by atoms with Gasteiger partial charge in [0.2, 0.25) is 0 Å². The van der Waals surface area contributed by atoms with Crippen LogP contribution in [0.2, 0.25) is 0 Å². The highest BCUT2D eigenvalue weighted by Gasteiger charge is 2.33. The first-order chi connectivity index (χ1) is 15.4. The number of anilines is 1. The van der Waals surface area contributed by atoms with Gasteiger partial charge in [-0.2, -0.15) is 5.26 Å². The SMILES string of the molecule is COc1ccccc1N1CCN([C@@H](c2ccc(C#N)cc2)c2nnnn2C(C)(C)C)CC1. The van der Waals surface area contributed by atoms with Crippen LogP contribution in [-0.2, 0) is 5.54 Å². The van der Waals surface area contributed by atoms with E-state index in [1.807, 2.05) is 47.1 Å². The van der Waals surface area contributed by atoms with Crippen molar-refractivity contribution in [3.63, 3.8) is 0 Å². The van der Waals surface area contributed by atoms with Gasteiger partial charge in [-0.15, -0.1) is 5.10 Å². The molecule has 8 nitrogen and oxygen atoms in total. The van der Waals surface area contributed by atoms with Crippen LogP contribution < -0.4 is 9.64 Å². The molecule has 1 fully saturated rings. The maximum Gasteiger partial charge on any atom is 0.173 e. The van der Waals surface area contributed by atoms with Crippen molar-refractivity contribution in [2.45, 2.75) is 32.4 Å². The van der Waals surface area contributed by atoms with Crippen LogP contribution in [0.4, 0.5) is 5.69 Å². The van der Waals surface area contributed by atoms with E-state index >= 15 is 0 Å². The minimum absolute atomic E-state index is 0.100. The summed E-state index contributed by atoms with van der Waals surface area (Å²) < 4.78 is 7.47. The summed E-state index contributed by atoms with van der Waals surface area (Å²) >= 11 is 0. The molecule has 0 radical (unpaired) electrons. The Balaban J connectivity index is 1.64. The third kappa shape index (κ3) is 4.30. The highest BCUT2D eigenvalue weighted by atomic mass is 16.5. The fraction of sp³-hybridized carbons (Fsp3) is 0.417. The monoisotopic (exact) mass is 431 g/mol. The minimum Gasteiger partial charge on any atom is -0.495 e. The van der Waals surface area contributed by atoms with Gasteiger partial charge in [0.1, 0.15) is 5.75 Å². The minimum atomic E-state index is -0.247. The maximum absolute atomic E-state index is 9.22. The van der Waals surface area contributed by atoms with Gasteiger partial charge >= 0.3 is 0 Å². The Kier molecular flexibility index (Phi) is 6.10. The molecule has 2 heterocycles. The number of piperazine rings is 1. The van der Waals surface area contributed by atoms with Crippen LogP contribution in [-0.4, -0.2) is 58.4 Å². The lowest BCUT2D eigenvalue weighted by Gasteiger charge is -2.40. The van der Waals surface area contributed by atoms with Gasteiger partial charge < -0.3 is 9.64 Å². The second kappa shape index (κ2) is 8.97. The second-order valence-electron chi connectivity index (χ2n) is 8.95. The molecule has 0 spiro atoms. The topological polar surface area (TPSA) is 83.1 Å². The fourth-order valence-corrected chi connectivity index (χ4v) is 4.22. The van der Waals surface area contributed by atoms with Crippen LogP contribution in [0.3, 0.4) is 0 Å². The average Bonchev–Trinajstić information content (AvgIpc) is 3.30. The number of nitrogens with zero attached hydrogens (tertiary/aromatic N) is 7. The first-order valence-electron chi connectivity index (χ1n) is 10.8. The first-order valence-corrected chi connectivity index (χ1v) is 10.8. The lowest BCUT2D eigenvalue weighted by atomic mass is 10.0. The van der Waals surface area contributed by atoms with E-state index in [-0.39, 0.29) is 11.6 Å². The molecule has 0 unspecified atom stereocenters. The summed E-state index contributed by atoms with van der Waals surface area (Å²) in [6, 6.07) is 18.0. The fourth-order valence-electron chi connectivity index (χ4n) is 4.22. The molecule has 3 aromatic rings. The molecule has 2 aromatic carbocycles. The second-order valence-corrected chi connectivity index (χ2v) is 8.95.